The van der Waals surface area contributed by atoms with Crippen LogP contribution < -0.4 is 10.9 Å². The van der Waals surface area contributed by atoms with Crippen LogP contribution in [0.2, 0.25) is 0 Å². The molecule has 132 valence electrons. The summed E-state index contributed by atoms with van der Waals surface area (Å²) >= 11 is 0. The number of hydrogen-bond acceptors (Lipinski definition) is 5. The molecule has 1 aliphatic heterocycles. The van der Waals surface area contributed by atoms with Crippen molar-refractivity contribution in [2.45, 2.75) is 19.1 Å². The van der Waals surface area contributed by atoms with Crippen molar-refractivity contribution in [3.05, 3.63) is 64.3 Å². The molecule has 1 atom stereocenters. The monoisotopic (exact) mass is 342 g/mol. The van der Waals surface area contributed by atoms with Crippen LogP contribution in [-0.2, 0) is 11.3 Å². The van der Waals surface area contributed by atoms with Crippen molar-refractivity contribution in [2.75, 3.05) is 26.2 Å². The fourth-order valence-corrected chi connectivity index (χ4v) is 2.89. The molecule has 0 spiro atoms. The minimum atomic E-state index is -0.377. The Morgan fingerprint density at radius 1 is 1.36 bits per heavy atom. The predicted molar refractivity (Wildman–Crippen MR) is 93.3 cm³/mol. The van der Waals surface area contributed by atoms with Gasteiger partial charge in [-0.1, -0.05) is 0 Å². The molecule has 1 fully saturated rings. The van der Waals surface area contributed by atoms with Crippen molar-refractivity contribution in [1.82, 2.24) is 20.2 Å². The number of nitrogens with zero attached hydrogens (tertiary/aromatic N) is 2. The molecule has 0 bridgehead atoms. The molecule has 3 heterocycles. The third-order valence-corrected chi connectivity index (χ3v) is 4.19. The van der Waals surface area contributed by atoms with Gasteiger partial charge in [-0.05, 0) is 36.2 Å². The Hall–Kier alpha value is -2.51. The molecule has 1 amide bonds. The van der Waals surface area contributed by atoms with Crippen LogP contribution in [0.1, 0.15) is 22.3 Å². The Morgan fingerprint density at radius 2 is 2.20 bits per heavy atom. The highest BCUT2D eigenvalue weighted by molar-refractivity contribution is 5.93. The number of carbonyl (C=O) groups excluding carboxylic acids is 1. The SMILES string of the molecule is O=C(NCC[C@H]1CN(Cc2ccncc2)CCO1)c1ccc[nH]c1=O. The van der Waals surface area contributed by atoms with Gasteiger partial charge in [0.25, 0.3) is 11.5 Å². The van der Waals surface area contributed by atoms with Crippen LogP contribution >= 0.6 is 0 Å². The molecule has 1 saturated heterocycles. The third kappa shape index (κ3) is 4.98. The van der Waals surface area contributed by atoms with Gasteiger partial charge in [0.05, 0.1) is 12.7 Å². The van der Waals surface area contributed by atoms with Gasteiger partial charge in [0.2, 0.25) is 0 Å². The number of pyridine rings is 2. The van der Waals surface area contributed by atoms with E-state index in [1.54, 1.807) is 18.5 Å². The topological polar surface area (TPSA) is 87.3 Å². The molecule has 0 radical (unpaired) electrons. The fraction of sp³-hybridized carbons (Fsp3) is 0.389. The van der Waals surface area contributed by atoms with E-state index >= 15 is 0 Å². The summed E-state index contributed by atoms with van der Waals surface area (Å²) < 4.78 is 5.78. The first kappa shape index (κ1) is 17.3. The average molecular weight is 342 g/mol. The van der Waals surface area contributed by atoms with Crippen molar-refractivity contribution in [3.8, 4) is 0 Å². The van der Waals surface area contributed by atoms with E-state index in [0.29, 0.717) is 19.6 Å². The number of H-pyrrole nitrogens is 1. The van der Waals surface area contributed by atoms with Crippen LogP contribution in [-0.4, -0.2) is 53.1 Å². The Morgan fingerprint density at radius 3 is 3.00 bits per heavy atom. The van der Waals surface area contributed by atoms with Gasteiger partial charge in [0, 0.05) is 44.8 Å². The first-order valence-corrected chi connectivity index (χ1v) is 8.41. The zero-order valence-corrected chi connectivity index (χ0v) is 14.0. The molecule has 0 unspecified atom stereocenters. The molecule has 0 saturated carbocycles. The van der Waals surface area contributed by atoms with Crippen molar-refractivity contribution in [2.24, 2.45) is 0 Å². The Kier molecular flexibility index (Phi) is 5.92. The number of ether oxygens (including phenoxy) is 1. The number of aromatic nitrogens is 2. The third-order valence-electron chi connectivity index (χ3n) is 4.19. The maximum Gasteiger partial charge on any atom is 0.260 e. The van der Waals surface area contributed by atoms with Crippen LogP contribution in [0.5, 0.6) is 0 Å². The summed E-state index contributed by atoms with van der Waals surface area (Å²) in [4.78, 5) is 32.5. The second-order valence-electron chi connectivity index (χ2n) is 6.04. The first-order valence-electron chi connectivity index (χ1n) is 8.41. The summed E-state index contributed by atoms with van der Waals surface area (Å²) in [6.45, 7) is 3.74. The zero-order chi connectivity index (χ0) is 17.5. The number of rotatable bonds is 6. The van der Waals surface area contributed by atoms with Crippen LogP contribution in [0.3, 0.4) is 0 Å². The highest BCUT2D eigenvalue weighted by Crippen LogP contribution is 2.12. The first-order chi connectivity index (χ1) is 12.2. The van der Waals surface area contributed by atoms with E-state index in [0.717, 1.165) is 19.6 Å². The molecule has 0 aliphatic carbocycles. The highest BCUT2D eigenvalue weighted by atomic mass is 16.5. The van der Waals surface area contributed by atoms with E-state index in [-0.39, 0.29) is 23.1 Å². The summed E-state index contributed by atoms with van der Waals surface area (Å²) in [5, 5.41) is 2.79. The van der Waals surface area contributed by atoms with Crippen LogP contribution in [0, 0.1) is 0 Å². The van der Waals surface area contributed by atoms with Gasteiger partial charge >= 0.3 is 0 Å². The molecule has 7 heteroatoms. The van der Waals surface area contributed by atoms with Gasteiger partial charge in [-0.3, -0.25) is 19.5 Å². The van der Waals surface area contributed by atoms with Gasteiger partial charge in [-0.25, -0.2) is 0 Å². The van der Waals surface area contributed by atoms with Gasteiger partial charge in [-0.15, -0.1) is 0 Å². The summed E-state index contributed by atoms with van der Waals surface area (Å²) in [5.74, 6) is -0.355. The van der Waals surface area contributed by atoms with Crippen molar-refractivity contribution >= 4 is 5.91 Å². The lowest BCUT2D eigenvalue weighted by molar-refractivity contribution is -0.0342. The molecular formula is C18H22N4O3. The molecule has 2 aromatic heterocycles. The van der Waals surface area contributed by atoms with E-state index in [4.69, 9.17) is 4.74 Å². The maximum atomic E-state index is 12.0. The summed E-state index contributed by atoms with van der Waals surface area (Å²) in [6.07, 6.45) is 5.89. The summed E-state index contributed by atoms with van der Waals surface area (Å²) in [5.41, 5.74) is 0.982. The largest absolute Gasteiger partial charge is 0.375 e. The molecular weight excluding hydrogens is 320 g/mol. The van der Waals surface area contributed by atoms with Crippen molar-refractivity contribution < 1.29 is 9.53 Å². The van der Waals surface area contributed by atoms with Gasteiger partial charge in [0.15, 0.2) is 0 Å². The number of aromatic amines is 1. The predicted octanol–water partition coefficient (Wildman–Crippen LogP) is 0.791. The van der Waals surface area contributed by atoms with E-state index < -0.39 is 0 Å². The fourth-order valence-electron chi connectivity index (χ4n) is 2.89. The van der Waals surface area contributed by atoms with Gasteiger partial charge < -0.3 is 15.0 Å². The van der Waals surface area contributed by atoms with Crippen LogP contribution in [0.25, 0.3) is 0 Å². The molecule has 1 aliphatic rings. The minimum Gasteiger partial charge on any atom is -0.375 e. The van der Waals surface area contributed by atoms with E-state index in [1.165, 1.54) is 17.8 Å². The summed E-state index contributed by atoms with van der Waals surface area (Å²) in [7, 11) is 0. The van der Waals surface area contributed by atoms with E-state index in [9.17, 15) is 9.59 Å². The molecule has 2 aromatic rings. The normalized spacial score (nSPS) is 18.0. The standard InChI is InChI=1S/C18H22N4O3/c23-17-16(2-1-6-20-17)18(24)21-9-5-15-13-22(10-11-25-15)12-14-3-7-19-8-4-14/h1-4,6-8,15H,5,9-13H2,(H,20,23)(H,21,24)/t15-/m0/s1. The van der Waals surface area contributed by atoms with Crippen LogP contribution in [0.4, 0.5) is 0 Å². The number of carbonyl (C=O) groups is 1. The van der Waals surface area contributed by atoms with Crippen LogP contribution in [0.15, 0.2) is 47.7 Å². The number of hydrogen-bond donors (Lipinski definition) is 2. The van der Waals surface area contributed by atoms with Crippen molar-refractivity contribution in [3.63, 3.8) is 0 Å². The quantitative estimate of drug-likeness (QED) is 0.810. The summed E-state index contributed by atoms with van der Waals surface area (Å²) in [6, 6.07) is 7.18. The Bertz CT molecular complexity index is 747. The molecule has 2 N–H and O–H groups in total. The molecule has 0 aromatic carbocycles. The minimum absolute atomic E-state index is 0.0740. The Balaban J connectivity index is 1.44. The van der Waals surface area contributed by atoms with Crippen molar-refractivity contribution in [1.29, 1.82) is 0 Å². The number of amides is 1. The number of morpholine rings is 1. The Labute approximate surface area is 146 Å². The number of nitrogens with one attached hydrogen (secondary N) is 2. The second-order valence-corrected chi connectivity index (χ2v) is 6.04. The lowest BCUT2D eigenvalue weighted by atomic mass is 10.1. The molecule has 7 nitrogen and oxygen atoms in total. The molecule has 3 rings (SSSR count). The average Bonchev–Trinajstić information content (AvgIpc) is 2.63. The molecule has 25 heavy (non-hydrogen) atoms. The lowest BCUT2D eigenvalue weighted by Crippen LogP contribution is -2.43. The smallest absolute Gasteiger partial charge is 0.260 e. The van der Waals surface area contributed by atoms with Gasteiger partial charge in [-0.2, -0.15) is 0 Å². The highest BCUT2D eigenvalue weighted by Gasteiger charge is 2.20. The van der Waals surface area contributed by atoms with Gasteiger partial charge in [0.1, 0.15) is 5.56 Å². The lowest BCUT2D eigenvalue weighted by Gasteiger charge is -2.33. The zero-order valence-electron chi connectivity index (χ0n) is 14.0. The van der Waals surface area contributed by atoms with E-state index in [2.05, 4.69) is 20.2 Å². The maximum absolute atomic E-state index is 12.0. The second kappa shape index (κ2) is 8.55. The van der Waals surface area contributed by atoms with E-state index in [1.807, 2.05) is 12.1 Å².